The second-order valence-electron chi connectivity index (χ2n) is 14.1. The number of amides is 4. The predicted molar refractivity (Wildman–Crippen MR) is 221 cm³/mol. The van der Waals surface area contributed by atoms with Crippen molar-refractivity contribution < 1.29 is 19.2 Å². The zero-order valence-electron chi connectivity index (χ0n) is 31.4. The molecule has 6 aromatic rings. The molecule has 0 spiro atoms. The number of imide groups is 2. The average molecular weight is 735 g/mol. The van der Waals surface area contributed by atoms with Crippen LogP contribution in [0.25, 0.3) is 33.6 Å². The molecule has 0 bridgehead atoms. The Balaban J connectivity index is 1.28. The Morgan fingerprint density at radius 1 is 0.375 bits per heavy atom. The summed E-state index contributed by atoms with van der Waals surface area (Å²) in [6, 6.07) is 48.3. The van der Waals surface area contributed by atoms with Crippen molar-refractivity contribution in [2.75, 3.05) is 38.0 Å². The highest BCUT2D eigenvalue weighted by Gasteiger charge is 2.52. The summed E-state index contributed by atoms with van der Waals surface area (Å²) in [5.74, 6) is -2.53. The number of anilines is 2. The minimum absolute atomic E-state index is 0.00259. The van der Waals surface area contributed by atoms with Crippen LogP contribution in [0.1, 0.15) is 31.8 Å². The molecule has 8 rings (SSSR count). The monoisotopic (exact) mass is 734 g/mol. The van der Waals surface area contributed by atoms with Gasteiger partial charge in [-0.15, -0.1) is 0 Å². The Bertz CT molecular complexity index is 2370. The molecule has 0 aliphatic carbocycles. The molecule has 2 aliphatic rings. The number of carbonyl (C=O) groups excluding carboxylic acids is 4. The maximum Gasteiger partial charge on any atom is 0.268 e. The van der Waals surface area contributed by atoms with Crippen LogP contribution in [0, 0.1) is 0 Å². The Morgan fingerprint density at radius 3 is 0.964 bits per heavy atom. The molecule has 274 valence electrons. The van der Waals surface area contributed by atoms with Crippen molar-refractivity contribution in [3.8, 4) is 22.3 Å². The van der Waals surface area contributed by atoms with Crippen molar-refractivity contribution in [2.24, 2.45) is 0 Å². The van der Waals surface area contributed by atoms with Gasteiger partial charge in [-0.1, -0.05) is 109 Å². The van der Waals surface area contributed by atoms with Gasteiger partial charge < -0.3 is 9.80 Å². The second-order valence-corrected chi connectivity index (χ2v) is 14.1. The fraction of sp³-hybridized carbons (Fsp3) is 0.0833. The Kier molecular flexibility index (Phi) is 9.24. The van der Waals surface area contributed by atoms with Crippen LogP contribution in [-0.2, 0) is 9.59 Å². The van der Waals surface area contributed by atoms with Crippen LogP contribution in [0.3, 0.4) is 0 Å². The molecule has 0 radical (unpaired) electrons. The van der Waals surface area contributed by atoms with Crippen molar-refractivity contribution in [2.45, 2.75) is 0 Å². The molecule has 0 N–H and O–H groups in total. The molecule has 0 atom stereocenters. The normalized spacial score (nSPS) is 13.7. The summed E-state index contributed by atoms with van der Waals surface area (Å²) in [4.78, 5) is 65.2. The maximum atomic E-state index is 15.0. The molecule has 4 amide bonds. The lowest BCUT2D eigenvalue weighted by Crippen LogP contribution is -2.36. The van der Waals surface area contributed by atoms with Crippen LogP contribution in [0.5, 0.6) is 0 Å². The van der Waals surface area contributed by atoms with E-state index in [9.17, 15) is 19.2 Å². The SMILES string of the molecule is CN(C)c1ccc(C2=C3C(=O)N(C(=O)c4ccc(-c5ccccc5)cc4)C(c4ccc(N(C)C)cc4)=C3C(=O)N2C(=O)c2ccc(-c3ccccc3)cc2)cc1. The number of hydrogen-bond acceptors (Lipinski definition) is 6. The molecule has 2 aliphatic heterocycles. The summed E-state index contributed by atoms with van der Waals surface area (Å²) in [5.41, 5.74) is 7.39. The first-order chi connectivity index (χ1) is 27.1. The van der Waals surface area contributed by atoms with Crippen LogP contribution in [0.4, 0.5) is 11.4 Å². The zero-order chi connectivity index (χ0) is 39.1. The van der Waals surface area contributed by atoms with Crippen LogP contribution in [0.15, 0.2) is 169 Å². The molecular formula is C48H38N4O4. The first-order valence-electron chi connectivity index (χ1n) is 18.3. The van der Waals surface area contributed by atoms with E-state index in [1.54, 1.807) is 48.5 Å². The smallest absolute Gasteiger partial charge is 0.268 e. The van der Waals surface area contributed by atoms with Gasteiger partial charge in [-0.2, -0.15) is 0 Å². The highest BCUT2D eigenvalue weighted by molar-refractivity contribution is 6.37. The summed E-state index contributed by atoms with van der Waals surface area (Å²) in [5, 5.41) is 0. The Morgan fingerprint density at radius 2 is 0.661 bits per heavy atom. The fourth-order valence-corrected chi connectivity index (χ4v) is 7.20. The zero-order valence-corrected chi connectivity index (χ0v) is 31.4. The third-order valence-electron chi connectivity index (χ3n) is 10.2. The van der Waals surface area contributed by atoms with E-state index in [1.165, 1.54) is 0 Å². The molecule has 0 aromatic heterocycles. The quantitative estimate of drug-likeness (QED) is 0.146. The second kappa shape index (κ2) is 14.5. The van der Waals surface area contributed by atoms with E-state index < -0.39 is 23.6 Å². The minimum Gasteiger partial charge on any atom is -0.378 e. The molecule has 0 unspecified atom stereocenters. The van der Waals surface area contributed by atoms with Gasteiger partial charge in [-0.05, 0) is 81.9 Å². The van der Waals surface area contributed by atoms with E-state index in [0.29, 0.717) is 11.1 Å². The lowest BCUT2D eigenvalue weighted by molar-refractivity contribution is -0.122. The summed E-state index contributed by atoms with van der Waals surface area (Å²) in [7, 11) is 7.65. The summed E-state index contributed by atoms with van der Waals surface area (Å²) >= 11 is 0. The van der Waals surface area contributed by atoms with Gasteiger partial charge in [0.2, 0.25) is 0 Å². The third-order valence-corrected chi connectivity index (χ3v) is 10.2. The lowest BCUT2D eigenvalue weighted by Gasteiger charge is -2.24. The fourth-order valence-electron chi connectivity index (χ4n) is 7.20. The number of hydrogen-bond donors (Lipinski definition) is 0. The van der Waals surface area contributed by atoms with Gasteiger partial charge in [-0.3, -0.25) is 19.2 Å². The molecule has 0 saturated carbocycles. The van der Waals surface area contributed by atoms with Crippen LogP contribution in [-0.4, -0.2) is 61.6 Å². The predicted octanol–water partition coefficient (Wildman–Crippen LogP) is 8.64. The number of rotatable bonds is 8. The summed E-state index contributed by atoms with van der Waals surface area (Å²) < 4.78 is 0. The van der Waals surface area contributed by atoms with E-state index in [0.717, 1.165) is 43.4 Å². The van der Waals surface area contributed by atoms with E-state index in [4.69, 9.17) is 0 Å². The Labute approximate surface area is 325 Å². The molecular weight excluding hydrogens is 697 g/mol. The molecule has 0 fully saturated rings. The average Bonchev–Trinajstić information content (AvgIpc) is 3.71. The van der Waals surface area contributed by atoms with Crippen molar-refractivity contribution in [3.63, 3.8) is 0 Å². The lowest BCUT2D eigenvalue weighted by atomic mass is 10.0. The first kappa shape index (κ1) is 35.7. The maximum absolute atomic E-state index is 15.0. The van der Waals surface area contributed by atoms with Crippen molar-refractivity contribution >= 4 is 46.4 Å². The van der Waals surface area contributed by atoms with Crippen molar-refractivity contribution in [1.82, 2.24) is 9.80 Å². The Hall–Kier alpha value is -7.32. The number of nitrogens with zero attached hydrogens (tertiary/aromatic N) is 4. The van der Waals surface area contributed by atoms with Gasteiger partial charge in [-0.25, -0.2) is 9.80 Å². The highest BCUT2D eigenvalue weighted by Crippen LogP contribution is 2.48. The molecule has 56 heavy (non-hydrogen) atoms. The largest absolute Gasteiger partial charge is 0.378 e. The van der Waals surface area contributed by atoms with Gasteiger partial charge >= 0.3 is 0 Å². The minimum atomic E-state index is -0.682. The van der Waals surface area contributed by atoms with Gasteiger partial charge in [0.1, 0.15) is 0 Å². The van der Waals surface area contributed by atoms with Crippen LogP contribution < -0.4 is 9.80 Å². The third kappa shape index (κ3) is 6.27. The van der Waals surface area contributed by atoms with Gasteiger partial charge in [0.25, 0.3) is 23.6 Å². The van der Waals surface area contributed by atoms with E-state index in [2.05, 4.69) is 0 Å². The van der Waals surface area contributed by atoms with Gasteiger partial charge in [0, 0.05) is 50.7 Å². The van der Waals surface area contributed by atoms with E-state index in [-0.39, 0.29) is 33.7 Å². The molecule has 2 heterocycles. The summed E-state index contributed by atoms with van der Waals surface area (Å²) in [6.45, 7) is 0. The molecule has 8 heteroatoms. The van der Waals surface area contributed by atoms with E-state index in [1.807, 2.05) is 147 Å². The van der Waals surface area contributed by atoms with E-state index >= 15 is 0 Å². The van der Waals surface area contributed by atoms with Crippen molar-refractivity contribution in [1.29, 1.82) is 0 Å². The van der Waals surface area contributed by atoms with Crippen LogP contribution in [0.2, 0.25) is 0 Å². The number of benzene rings is 6. The van der Waals surface area contributed by atoms with Crippen molar-refractivity contribution in [3.05, 3.63) is 191 Å². The molecule has 8 nitrogen and oxygen atoms in total. The van der Waals surface area contributed by atoms with Gasteiger partial charge in [0.05, 0.1) is 22.5 Å². The molecule has 6 aromatic carbocycles. The highest BCUT2D eigenvalue weighted by atomic mass is 16.2. The molecule has 0 saturated heterocycles. The van der Waals surface area contributed by atoms with Crippen LogP contribution >= 0.6 is 0 Å². The topological polar surface area (TPSA) is 81.2 Å². The number of fused-ring (bicyclic) bond motifs is 1. The summed E-state index contributed by atoms with van der Waals surface area (Å²) in [6.07, 6.45) is 0. The first-order valence-corrected chi connectivity index (χ1v) is 18.3. The standard InChI is InChI=1S/C48H38N4O4/c1-49(2)39-27-23-35(24-28-39)43-41-42(48(56)51(43)45(53)37-19-15-33(16-20-37)31-11-7-5-8-12-31)44(36-25-29-40(30-26-36)50(3)4)52(47(41)55)46(54)38-21-17-34(18-22-38)32-13-9-6-10-14-32/h5-30H,1-4H3. The van der Waals surface area contributed by atoms with Gasteiger partial charge in [0.15, 0.2) is 0 Å². The number of carbonyl (C=O) groups is 4.